The number of aryl methyl sites for hydroxylation is 1. The smallest absolute Gasteiger partial charge is 0.131 e. The minimum absolute atomic E-state index is 0.277. The van der Waals surface area contributed by atoms with Crippen LogP contribution in [0.5, 0.6) is 0 Å². The van der Waals surface area contributed by atoms with Crippen molar-refractivity contribution in [2.45, 2.75) is 33.2 Å². The van der Waals surface area contributed by atoms with Gasteiger partial charge in [0.05, 0.1) is 10.0 Å². The van der Waals surface area contributed by atoms with Crippen molar-refractivity contribution in [2.75, 3.05) is 5.73 Å². The van der Waals surface area contributed by atoms with Crippen molar-refractivity contribution in [1.29, 1.82) is 0 Å². The molecule has 0 aliphatic carbocycles. The molecule has 0 saturated heterocycles. The van der Waals surface area contributed by atoms with Crippen LogP contribution >= 0.6 is 23.2 Å². The van der Waals surface area contributed by atoms with Crippen molar-refractivity contribution in [2.24, 2.45) is 0 Å². The van der Waals surface area contributed by atoms with E-state index >= 15 is 0 Å². The summed E-state index contributed by atoms with van der Waals surface area (Å²) >= 11 is 12.0. The van der Waals surface area contributed by atoms with Gasteiger partial charge in [-0.15, -0.1) is 0 Å². The zero-order chi connectivity index (χ0) is 14.2. The fourth-order valence-electron chi connectivity index (χ4n) is 2.17. The van der Waals surface area contributed by atoms with E-state index in [1.54, 1.807) is 12.1 Å². The third-order valence-corrected chi connectivity index (χ3v) is 3.79. The van der Waals surface area contributed by atoms with Gasteiger partial charge in [0.25, 0.3) is 0 Å². The van der Waals surface area contributed by atoms with E-state index in [1.165, 1.54) is 0 Å². The molecule has 0 unspecified atom stereocenters. The molecule has 0 aliphatic rings. The summed E-state index contributed by atoms with van der Waals surface area (Å²) < 4.78 is 2.05. The van der Waals surface area contributed by atoms with Crippen LogP contribution in [0.25, 0.3) is 11.3 Å². The lowest BCUT2D eigenvalue weighted by Gasteiger charge is -2.12. The maximum atomic E-state index is 6.23. The van der Waals surface area contributed by atoms with Crippen LogP contribution in [-0.4, -0.2) is 9.55 Å². The van der Waals surface area contributed by atoms with Gasteiger partial charge in [-0.3, -0.25) is 0 Å². The maximum Gasteiger partial charge on any atom is 0.131 e. The van der Waals surface area contributed by atoms with Gasteiger partial charge in [0.1, 0.15) is 17.3 Å². The van der Waals surface area contributed by atoms with Crippen molar-refractivity contribution < 1.29 is 0 Å². The third-order valence-electron chi connectivity index (χ3n) is 3.05. The van der Waals surface area contributed by atoms with Gasteiger partial charge >= 0.3 is 0 Å². The number of nitrogens with two attached hydrogens (primary N) is 1. The van der Waals surface area contributed by atoms with Gasteiger partial charge in [0.15, 0.2) is 0 Å². The molecular weight excluding hydrogens is 281 g/mol. The molecule has 0 atom stereocenters. The highest BCUT2D eigenvalue weighted by molar-refractivity contribution is 6.42. The number of nitrogen functional groups attached to an aromatic ring is 1. The third kappa shape index (κ3) is 2.58. The molecule has 2 rings (SSSR count). The van der Waals surface area contributed by atoms with Crippen molar-refractivity contribution in [3.8, 4) is 11.3 Å². The summed E-state index contributed by atoms with van der Waals surface area (Å²) in [5.74, 6) is 1.65. The largest absolute Gasteiger partial charge is 0.383 e. The second-order valence-corrected chi connectivity index (χ2v) is 5.52. The van der Waals surface area contributed by atoms with Crippen molar-refractivity contribution >= 4 is 29.0 Å². The summed E-state index contributed by atoms with van der Waals surface area (Å²) in [5.41, 5.74) is 7.88. The summed E-state index contributed by atoms with van der Waals surface area (Å²) in [7, 11) is 0. The van der Waals surface area contributed by atoms with E-state index in [2.05, 4.69) is 30.3 Å². The molecule has 2 aromatic rings. The average molecular weight is 298 g/mol. The number of rotatable bonds is 3. The molecule has 2 N–H and O–H groups in total. The Hall–Kier alpha value is -1.19. The van der Waals surface area contributed by atoms with Crippen molar-refractivity contribution in [3.63, 3.8) is 0 Å². The lowest BCUT2D eigenvalue weighted by Crippen LogP contribution is -2.08. The Bertz CT molecular complexity index is 603. The molecular formula is C14H17Cl2N3. The van der Waals surface area contributed by atoms with E-state index in [9.17, 15) is 0 Å². The number of halogens is 2. The quantitative estimate of drug-likeness (QED) is 0.901. The molecule has 0 amide bonds. The standard InChI is InChI=1S/C14H17Cl2N3/c1-4-12-18-13(14(17)19(12)8(2)3)9-5-6-10(15)11(16)7-9/h5-8H,4,17H2,1-3H3. The lowest BCUT2D eigenvalue weighted by molar-refractivity contribution is 0.579. The lowest BCUT2D eigenvalue weighted by atomic mass is 10.1. The molecule has 5 heteroatoms. The Morgan fingerprint density at radius 3 is 2.42 bits per heavy atom. The SMILES string of the molecule is CCc1nc(-c2ccc(Cl)c(Cl)c2)c(N)n1C(C)C. The van der Waals surface area contributed by atoms with Crippen LogP contribution in [0.3, 0.4) is 0 Å². The van der Waals surface area contributed by atoms with Crippen molar-refractivity contribution in [3.05, 3.63) is 34.1 Å². The van der Waals surface area contributed by atoms with Gasteiger partial charge < -0.3 is 10.3 Å². The molecule has 0 aliphatic heterocycles. The molecule has 0 bridgehead atoms. The van der Waals surface area contributed by atoms with Crippen LogP contribution < -0.4 is 5.73 Å². The van der Waals surface area contributed by atoms with E-state index in [0.717, 1.165) is 23.5 Å². The van der Waals surface area contributed by atoms with E-state index in [1.807, 2.05) is 6.07 Å². The molecule has 102 valence electrons. The highest BCUT2D eigenvalue weighted by Gasteiger charge is 2.17. The molecule has 1 aromatic heterocycles. The molecule has 19 heavy (non-hydrogen) atoms. The first-order chi connectivity index (χ1) is 8.95. The van der Waals surface area contributed by atoms with Gasteiger partial charge in [-0.25, -0.2) is 4.98 Å². The van der Waals surface area contributed by atoms with Crippen LogP contribution in [0.15, 0.2) is 18.2 Å². The predicted molar refractivity (Wildman–Crippen MR) is 81.9 cm³/mol. The highest BCUT2D eigenvalue weighted by Crippen LogP contribution is 2.33. The number of hydrogen-bond acceptors (Lipinski definition) is 2. The fourth-order valence-corrected chi connectivity index (χ4v) is 2.47. The number of aromatic nitrogens is 2. The number of benzene rings is 1. The van der Waals surface area contributed by atoms with Gasteiger partial charge in [-0.2, -0.15) is 0 Å². The summed E-state index contributed by atoms with van der Waals surface area (Å²) in [6, 6.07) is 5.72. The van der Waals surface area contributed by atoms with Gasteiger partial charge in [-0.05, 0) is 26.0 Å². The maximum absolute atomic E-state index is 6.23. The topological polar surface area (TPSA) is 43.8 Å². The van der Waals surface area contributed by atoms with Crippen LogP contribution in [0, 0.1) is 0 Å². The highest BCUT2D eigenvalue weighted by atomic mass is 35.5. The molecule has 1 heterocycles. The minimum atomic E-state index is 0.277. The first kappa shape index (κ1) is 14.2. The summed E-state index contributed by atoms with van der Waals surface area (Å²) in [6.07, 6.45) is 0.837. The normalized spacial score (nSPS) is 11.3. The first-order valence-corrected chi connectivity index (χ1v) is 7.03. The van der Waals surface area contributed by atoms with Gasteiger partial charge in [0, 0.05) is 18.0 Å². The second kappa shape index (κ2) is 5.43. The zero-order valence-electron chi connectivity index (χ0n) is 11.2. The molecule has 1 aromatic carbocycles. The number of imidazole rings is 1. The van der Waals surface area contributed by atoms with Gasteiger partial charge in [-0.1, -0.05) is 36.2 Å². The molecule has 3 nitrogen and oxygen atoms in total. The Kier molecular flexibility index (Phi) is 4.07. The fraction of sp³-hybridized carbons (Fsp3) is 0.357. The van der Waals surface area contributed by atoms with E-state index in [4.69, 9.17) is 28.9 Å². The minimum Gasteiger partial charge on any atom is -0.383 e. The van der Waals surface area contributed by atoms with Crippen LogP contribution in [0.4, 0.5) is 5.82 Å². The average Bonchev–Trinajstić information content (AvgIpc) is 2.70. The van der Waals surface area contributed by atoms with Crippen molar-refractivity contribution in [1.82, 2.24) is 9.55 Å². The Morgan fingerprint density at radius 2 is 1.95 bits per heavy atom. The van der Waals surface area contributed by atoms with Gasteiger partial charge in [0.2, 0.25) is 0 Å². The molecule has 0 saturated carbocycles. The van der Waals surface area contributed by atoms with Crippen LogP contribution in [0.1, 0.15) is 32.6 Å². The summed E-state index contributed by atoms with van der Waals surface area (Å²) in [4.78, 5) is 4.63. The van der Waals surface area contributed by atoms with Crippen LogP contribution in [-0.2, 0) is 6.42 Å². The van der Waals surface area contributed by atoms with Crippen LogP contribution in [0.2, 0.25) is 10.0 Å². The monoisotopic (exact) mass is 297 g/mol. The Balaban J connectivity index is 2.59. The molecule has 0 fully saturated rings. The Morgan fingerprint density at radius 1 is 1.26 bits per heavy atom. The second-order valence-electron chi connectivity index (χ2n) is 4.71. The van der Waals surface area contributed by atoms with E-state index in [-0.39, 0.29) is 6.04 Å². The number of anilines is 1. The molecule has 0 radical (unpaired) electrons. The predicted octanol–water partition coefficient (Wildman–Crippen LogP) is 4.58. The Labute approximate surface area is 123 Å². The first-order valence-electron chi connectivity index (χ1n) is 6.27. The van der Waals surface area contributed by atoms with E-state index < -0.39 is 0 Å². The summed E-state index contributed by atoms with van der Waals surface area (Å²) in [6.45, 7) is 6.25. The number of nitrogens with zero attached hydrogens (tertiary/aromatic N) is 2. The zero-order valence-corrected chi connectivity index (χ0v) is 12.8. The summed E-state index contributed by atoms with van der Waals surface area (Å²) in [5, 5.41) is 1.04. The van der Waals surface area contributed by atoms with E-state index in [0.29, 0.717) is 15.9 Å². The number of hydrogen-bond donors (Lipinski definition) is 1. The molecule has 0 spiro atoms.